The summed E-state index contributed by atoms with van der Waals surface area (Å²) < 4.78 is 0. The van der Waals surface area contributed by atoms with Crippen LogP contribution in [0.25, 0.3) is 0 Å². The molecule has 3 amide bonds. The molecule has 0 rings (SSSR count). The number of aliphatic hydroxyl groups excluding tert-OH is 2. The van der Waals surface area contributed by atoms with Crippen molar-refractivity contribution in [2.45, 2.75) is 30.6 Å². The zero-order valence-corrected chi connectivity index (χ0v) is 16.5. The molecule has 0 aliphatic carbocycles. The Balaban J connectivity index is 4.90. The second-order valence-electron chi connectivity index (χ2n) is 5.46. The molecule has 0 aromatic heterocycles. The molecule has 13 heteroatoms. The Bertz CT molecular complexity index is 524. The predicted molar refractivity (Wildman–Crippen MR) is 102 cm³/mol. The molecule has 27 heavy (non-hydrogen) atoms. The Kier molecular flexibility index (Phi) is 12.8. The monoisotopic (exact) mass is 426 g/mol. The summed E-state index contributed by atoms with van der Waals surface area (Å²) in [6, 6.07) is -4.99. The zero-order valence-electron chi connectivity index (χ0n) is 14.8. The smallest absolute Gasteiger partial charge is 0.326 e. The Hall–Kier alpha value is -1.54. The van der Waals surface area contributed by atoms with Crippen molar-refractivity contribution >= 4 is 48.1 Å². The average molecular weight is 427 g/mol. The molecular weight excluding hydrogens is 400 g/mol. The van der Waals surface area contributed by atoms with Crippen LogP contribution < -0.4 is 21.7 Å². The van der Waals surface area contributed by atoms with Gasteiger partial charge in [-0.05, 0) is 18.4 Å². The fraction of sp³-hybridized carbons (Fsp3) is 0.714. The molecule has 0 heterocycles. The predicted octanol–water partition coefficient (Wildman–Crippen LogP) is -3.48. The summed E-state index contributed by atoms with van der Waals surface area (Å²) in [5.41, 5.74) is 5.31. The lowest BCUT2D eigenvalue weighted by molar-refractivity contribution is -0.142. The number of carbonyl (C=O) groups excluding carboxylic acids is 3. The third-order valence-corrected chi connectivity index (χ3v) is 4.40. The first-order valence-electron chi connectivity index (χ1n) is 7.92. The maximum atomic E-state index is 12.2. The van der Waals surface area contributed by atoms with E-state index in [2.05, 4.69) is 28.6 Å². The first kappa shape index (κ1) is 25.5. The molecule has 0 aromatic rings. The molecular formula is C14H26N4O7S2. The molecule has 0 aromatic carbocycles. The van der Waals surface area contributed by atoms with Gasteiger partial charge in [-0.1, -0.05) is 0 Å². The van der Waals surface area contributed by atoms with E-state index in [4.69, 9.17) is 15.9 Å². The number of thiol groups is 1. The molecule has 156 valence electrons. The average Bonchev–Trinajstić information content (AvgIpc) is 2.65. The van der Waals surface area contributed by atoms with Gasteiger partial charge in [0.15, 0.2) is 0 Å². The summed E-state index contributed by atoms with van der Waals surface area (Å²) in [5, 5.41) is 33.9. The van der Waals surface area contributed by atoms with E-state index in [1.165, 1.54) is 11.8 Å². The quantitative estimate of drug-likeness (QED) is 0.138. The number of carboxylic acids is 1. The number of hydrogen-bond acceptors (Lipinski definition) is 9. The van der Waals surface area contributed by atoms with E-state index in [1.54, 1.807) is 6.26 Å². The van der Waals surface area contributed by atoms with Crippen molar-refractivity contribution in [3.63, 3.8) is 0 Å². The second kappa shape index (κ2) is 13.6. The molecule has 4 atom stereocenters. The van der Waals surface area contributed by atoms with E-state index < -0.39 is 61.1 Å². The summed E-state index contributed by atoms with van der Waals surface area (Å²) in [7, 11) is 0. The van der Waals surface area contributed by atoms with Gasteiger partial charge in [-0.15, -0.1) is 0 Å². The highest BCUT2D eigenvalue weighted by atomic mass is 32.2. The minimum Gasteiger partial charge on any atom is -0.480 e. The molecule has 0 aliphatic rings. The van der Waals surface area contributed by atoms with Crippen molar-refractivity contribution in [1.82, 2.24) is 16.0 Å². The van der Waals surface area contributed by atoms with Gasteiger partial charge in [0.1, 0.15) is 24.2 Å². The van der Waals surface area contributed by atoms with Gasteiger partial charge in [0.25, 0.3) is 0 Å². The number of aliphatic carboxylic acids is 1. The van der Waals surface area contributed by atoms with Crippen LogP contribution in [0.1, 0.15) is 6.42 Å². The van der Waals surface area contributed by atoms with Gasteiger partial charge in [-0.3, -0.25) is 14.4 Å². The van der Waals surface area contributed by atoms with Crippen LogP contribution in [-0.2, 0) is 19.2 Å². The molecule has 0 saturated heterocycles. The minimum absolute atomic E-state index is 0.144. The molecule has 11 nitrogen and oxygen atoms in total. The topological polar surface area (TPSA) is 191 Å². The largest absolute Gasteiger partial charge is 0.480 e. The third kappa shape index (κ3) is 9.28. The van der Waals surface area contributed by atoms with Crippen molar-refractivity contribution in [1.29, 1.82) is 0 Å². The van der Waals surface area contributed by atoms with E-state index in [0.29, 0.717) is 5.75 Å². The first-order chi connectivity index (χ1) is 12.7. The summed E-state index contributed by atoms with van der Waals surface area (Å²) in [4.78, 5) is 47.2. The maximum Gasteiger partial charge on any atom is 0.326 e. The summed E-state index contributed by atoms with van der Waals surface area (Å²) >= 11 is 5.38. The van der Waals surface area contributed by atoms with Crippen LogP contribution in [0.15, 0.2) is 0 Å². The van der Waals surface area contributed by atoms with Crippen molar-refractivity contribution in [3.05, 3.63) is 0 Å². The van der Waals surface area contributed by atoms with Crippen LogP contribution in [0, 0.1) is 0 Å². The second-order valence-corrected chi connectivity index (χ2v) is 6.81. The number of nitrogens with two attached hydrogens (primary N) is 1. The lowest BCUT2D eigenvalue weighted by Crippen LogP contribution is -2.58. The molecule has 0 radical (unpaired) electrons. The number of thioether (sulfide) groups is 1. The Morgan fingerprint density at radius 1 is 0.963 bits per heavy atom. The molecule has 0 aliphatic heterocycles. The van der Waals surface area contributed by atoms with Crippen molar-refractivity contribution in [3.8, 4) is 0 Å². The van der Waals surface area contributed by atoms with Crippen LogP contribution >= 0.6 is 24.4 Å². The highest BCUT2D eigenvalue weighted by Gasteiger charge is 2.29. The SMILES string of the molecule is CSCCC(NC(=O)C(CS)NC(=O)C(CO)NC(=O)C(N)CO)C(=O)O. The normalized spacial score (nSPS) is 15.1. The standard InChI is InChI=1S/C14H26N4O7S2/c1-27-3-2-8(14(24)25)16-13(23)10(6-26)18-12(22)9(5-20)17-11(21)7(15)4-19/h7-10,19-20,26H,2-6,15H2,1H3,(H,16,23)(H,17,21)(H,18,22)(H,24,25). The van der Waals surface area contributed by atoms with Gasteiger partial charge in [0, 0.05) is 5.75 Å². The fourth-order valence-corrected chi connectivity index (χ4v) is 2.52. The van der Waals surface area contributed by atoms with Crippen molar-refractivity contribution in [2.75, 3.05) is 31.0 Å². The van der Waals surface area contributed by atoms with Crippen LogP contribution in [0.3, 0.4) is 0 Å². The summed E-state index contributed by atoms with van der Waals surface area (Å²) in [6.07, 6.45) is 1.99. The fourth-order valence-electron chi connectivity index (χ4n) is 1.79. The number of rotatable bonds is 13. The first-order valence-corrected chi connectivity index (χ1v) is 9.95. The van der Waals surface area contributed by atoms with Gasteiger partial charge < -0.3 is 37.0 Å². The zero-order chi connectivity index (χ0) is 21.0. The van der Waals surface area contributed by atoms with Crippen LogP contribution in [0.4, 0.5) is 0 Å². The molecule has 4 unspecified atom stereocenters. The van der Waals surface area contributed by atoms with Gasteiger partial charge in [0.2, 0.25) is 17.7 Å². The van der Waals surface area contributed by atoms with E-state index >= 15 is 0 Å². The molecule has 0 spiro atoms. The number of aliphatic hydroxyl groups is 2. The lowest BCUT2D eigenvalue weighted by atomic mass is 10.2. The van der Waals surface area contributed by atoms with Crippen LogP contribution in [-0.4, -0.2) is 94.2 Å². The number of carboxylic acid groups (broad SMARTS) is 1. The number of nitrogens with one attached hydrogen (secondary N) is 3. The molecule has 8 N–H and O–H groups in total. The molecule has 0 saturated carbocycles. The third-order valence-electron chi connectivity index (χ3n) is 3.39. The minimum atomic E-state index is -1.41. The Labute approximate surface area is 166 Å². The number of hydrogen-bond donors (Lipinski definition) is 8. The Morgan fingerprint density at radius 2 is 1.48 bits per heavy atom. The van der Waals surface area contributed by atoms with Crippen LogP contribution in [0.2, 0.25) is 0 Å². The lowest BCUT2D eigenvalue weighted by Gasteiger charge is -2.23. The molecule has 0 fully saturated rings. The van der Waals surface area contributed by atoms with Gasteiger partial charge in [-0.2, -0.15) is 24.4 Å². The summed E-state index contributed by atoms with van der Waals surface area (Å²) in [5.74, 6) is -3.35. The van der Waals surface area contributed by atoms with E-state index in [-0.39, 0.29) is 12.2 Å². The van der Waals surface area contributed by atoms with E-state index in [0.717, 1.165) is 0 Å². The van der Waals surface area contributed by atoms with Gasteiger partial charge in [0.05, 0.1) is 13.2 Å². The number of amides is 3. The van der Waals surface area contributed by atoms with Gasteiger partial charge in [-0.25, -0.2) is 4.79 Å². The molecule has 0 bridgehead atoms. The van der Waals surface area contributed by atoms with Gasteiger partial charge >= 0.3 is 5.97 Å². The van der Waals surface area contributed by atoms with Crippen molar-refractivity contribution in [2.24, 2.45) is 5.73 Å². The van der Waals surface area contributed by atoms with E-state index in [1.807, 2.05) is 0 Å². The number of carbonyl (C=O) groups is 4. The summed E-state index contributed by atoms with van der Waals surface area (Å²) in [6.45, 7) is -1.43. The highest BCUT2D eigenvalue weighted by Crippen LogP contribution is 2.02. The van der Waals surface area contributed by atoms with Crippen LogP contribution in [0.5, 0.6) is 0 Å². The van der Waals surface area contributed by atoms with E-state index in [9.17, 15) is 24.3 Å². The van der Waals surface area contributed by atoms with Crippen molar-refractivity contribution < 1.29 is 34.5 Å². The maximum absolute atomic E-state index is 12.2. The Morgan fingerprint density at radius 3 is 1.93 bits per heavy atom. The highest BCUT2D eigenvalue weighted by molar-refractivity contribution is 7.98.